The second kappa shape index (κ2) is 8.32. The molecule has 18 heavy (non-hydrogen) atoms. The quantitative estimate of drug-likeness (QED) is 0.767. The van der Waals surface area contributed by atoms with Crippen LogP contribution in [-0.4, -0.2) is 39.0 Å². The number of sulfonamides is 1. The van der Waals surface area contributed by atoms with Gasteiger partial charge in [-0.3, -0.25) is 0 Å². The summed E-state index contributed by atoms with van der Waals surface area (Å²) in [7, 11) is -3.21. The van der Waals surface area contributed by atoms with Crippen LogP contribution in [0.25, 0.3) is 0 Å². The maximum Gasteiger partial charge on any atom is 0.214 e. The molecule has 0 unspecified atom stereocenters. The van der Waals surface area contributed by atoms with Crippen LogP contribution in [0.15, 0.2) is 0 Å². The monoisotopic (exact) mass is 300 g/mol. The second-order valence-corrected chi connectivity index (χ2v) is 6.84. The molecule has 0 amide bonds. The molecule has 1 aliphatic carbocycles. The van der Waals surface area contributed by atoms with E-state index >= 15 is 0 Å². The summed E-state index contributed by atoms with van der Waals surface area (Å²) in [6.07, 6.45) is 3.54. The number of hydrogen-bond acceptors (Lipinski definition) is 4. The minimum absolute atomic E-state index is 0. The van der Waals surface area contributed by atoms with Crippen molar-refractivity contribution in [1.29, 1.82) is 0 Å². The van der Waals surface area contributed by atoms with Crippen molar-refractivity contribution < 1.29 is 13.2 Å². The van der Waals surface area contributed by atoms with E-state index in [1.807, 2.05) is 13.8 Å². The van der Waals surface area contributed by atoms with E-state index in [9.17, 15) is 8.42 Å². The van der Waals surface area contributed by atoms with Crippen LogP contribution in [0.1, 0.15) is 39.5 Å². The Morgan fingerprint density at radius 1 is 1.28 bits per heavy atom. The zero-order chi connectivity index (χ0) is 12.9. The van der Waals surface area contributed by atoms with Gasteiger partial charge in [0.15, 0.2) is 0 Å². The molecule has 1 aliphatic rings. The zero-order valence-corrected chi connectivity index (χ0v) is 12.7. The molecule has 0 aliphatic heterocycles. The minimum atomic E-state index is -3.21. The number of rotatable bonds is 6. The standard InChI is InChI=1S/C11H24N2O3S.ClH/c1-9(2)16-7-8-17(14,15)13-11-5-3-10(12)4-6-11;/h9-11,13H,3-8,12H2,1-2H3;1H. The first-order valence-electron chi connectivity index (χ1n) is 6.26. The number of ether oxygens (including phenoxy) is 1. The van der Waals surface area contributed by atoms with Crippen molar-refractivity contribution in [2.24, 2.45) is 5.73 Å². The van der Waals surface area contributed by atoms with Crippen molar-refractivity contribution in [1.82, 2.24) is 4.72 Å². The van der Waals surface area contributed by atoms with E-state index in [0.717, 1.165) is 25.7 Å². The van der Waals surface area contributed by atoms with Gasteiger partial charge < -0.3 is 10.5 Å². The first kappa shape index (κ1) is 18.1. The lowest BCUT2D eigenvalue weighted by Crippen LogP contribution is -2.41. The van der Waals surface area contributed by atoms with Gasteiger partial charge >= 0.3 is 0 Å². The first-order chi connectivity index (χ1) is 7.89. The predicted octanol–water partition coefficient (Wildman–Crippen LogP) is 1.02. The lowest BCUT2D eigenvalue weighted by atomic mass is 9.93. The number of hydrogen-bond donors (Lipinski definition) is 2. The van der Waals surface area contributed by atoms with Crippen molar-refractivity contribution in [3.05, 3.63) is 0 Å². The molecular weight excluding hydrogens is 276 g/mol. The molecule has 0 atom stereocenters. The molecule has 3 N–H and O–H groups in total. The van der Waals surface area contributed by atoms with Gasteiger partial charge in [-0.2, -0.15) is 0 Å². The van der Waals surface area contributed by atoms with Gasteiger partial charge in [0.2, 0.25) is 10.0 Å². The maximum absolute atomic E-state index is 11.7. The minimum Gasteiger partial charge on any atom is -0.378 e. The van der Waals surface area contributed by atoms with Crippen LogP contribution in [-0.2, 0) is 14.8 Å². The molecule has 0 bridgehead atoms. The van der Waals surface area contributed by atoms with Gasteiger partial charge in [0.1, 0.15) is 0 Å². The van der Waals surface area contributed by atoms with Crippen LogP contribution >= 0.6 is 12.4 Å². The fourth-order valence-electron chi connectivity index (χ4n) is 1.94. The molecule has 1 saturated carbocycles. The normalized spacial score (nSPS) is 24.9. The summed E-state index contributed by atoms with van der Waals surface area (Å²) >= 11 is 0. The van der Waals surface area contributed by atoms with Crippen molar-refractivity contribution in [2.45, 2.75) is 57.7 Å². The molecule has 0 aromatic rings. The SMILES string of the molecule is CC(C)OCCS(=O)(=O)NC1CCC(N)CC1.Cl. The number of nitrogens with one attached hydrogen (secondary N) is 1. The topological polar surface area (TPSA) is 81.4 Å². The molecule has 1 fully saturated rings. The third-order valence-electron chi connectivity index (χ3n) is 2.92. The van der Waals surface area contributed by atoms with Crippen LogP contribution in [0.3, 0.4) is 0 Å². The molecule has 110 valence electrons. The van der Waals surface area contributed by atoms with Crippen LogP contribution in [0.2, 0.25) is 0 Å². The van der Waals surface area contributed by atoms with Gasteiger partial charge in [0.25, 0.3) is 0 Å². The number of nitrogens with two attached hydrogens (primary N) is 1. The van der Waals surface area contributed by atoms with Crippen LogP contribution in [0, 0.1) is 0 Å². The Bertz CT molecular complexity index is 314. The highest BCUT2D eigenvalue weighted by Gasteiger charge is 2.22. The van der Waals surface area contributed by atoms with E-state index in [4.69, 9.17) is 10.5 Å². The predicted molar refractivity (Wildman–Crippen MR) is 75.5 cm³/mol. The molecule has 0 radical (unpaired) electrons. The van der Waals surface area contributed by atoms with Gasteiger partial charge in [0, 0.05) is 12.1 Å². The summed E-state index contributed by atoms with van der Waals surface area (Å²) in [5.41, 5.74) is 5.78. The van der Waals surface area contributed by atoms with Gasteiger partial charge in [0.05, 0.1) is 18.5 Å². The Morgan fingerprint density at radius 3 is 2.33 bits per heavy atom. The molecule has 1 rings (SSSR count). The largest absolute Gasteiger partial charge is 0.378 e. The van der Waals surface area contributed by atoms with Crippen molar-refractivity contribution in [3.63, 3.8) is 0 Å². The maximum atomic E-state index is 11.7. The highest BCUT2D eigenvalue weighted by Crippen LogP contribution is 2.17. The third kappa shape index (κ3) is 7.53. The Kier molecular flexibility index (Phi) is 8.38. The fourth-order valence-corrected chi connectivity index (χ4v) is 3.12. The van der Waals surface area contributed by atoms with Crippen LogP contribution < -0.4 is 10.5 Å². The number of halogens is 1. The Balaban J connectivity index is 0.00000289. The van der Waals surface area contributed by atoms with Gasteiger partial charge in [-0.15, -0.1) is 12.4 Å². The van der Waals surface area contributed by atoms with Crippen molar-refractivity contribution in [2.75, 3.05) is 12.4 Å². The average Bonchev–Trinajstić information content (AvgIpc) is 2.20. The van der Waals surface area contributed by atoms with E-state index in [2.05, 4.69) is 4.72 Å². The first-order valence-corrected chi connectivity index (χ1v) is 7.91. The molecule has 0 saturated heterocycles. The highest BCUT2D eigenvalue weighted by molar-refractivity contribution is 7.89. The van der Waals surface area contributed by atoms with Gasteiger partial charge in [-0.05, 0) is 39.5 Å². The lowest BCUT2D eigenvalue weighted by Gasteiger charge is -2.26. The summed E-state index contributed by atoms with van der Waals surface area (Å²) in [5, 5.41) is 0. The second-order valence-electron chi connectivity index (χ2n) is 4.97. The van der Waals surface area contributed by atoms with Crippen molar-refractivity contribution in [3.8, 4) is 0 Å². The summed E-state index contributed by atoms with van der Waals surface area (Å²) in [6.45, 7) is 4.03. The van der Waals surface area contributed by atoms with Gasteiger partial charge in [-0.25, -0.2) is 13.1 Å². The molecule has 0 aromatic carbocycles. The smallest absolute Gasteiger partial charge is 0.214 e. The molecule has 7 heteroatoms. The molecule has 0 heterocycles. The van der Waals surface area contributed by atoms with E-state index in [1.165, 1.54) is 0 Å². The highest BCUT2D eigenvalue weighted by atomic mass is 35.5. The Morgan fingerprint density at radius 2 is 1.83 bits per heavy atom. The molecule has 5 nitrogen and oxygen atoms in total. The third-order valence-corrected chi connectivity index (χ3v) is 4.32. The molecule has 0 spiro atoms. The van der Waals surface area contributed by atoms with Crippen LogP contribution in [0.5, 0.6) is 0 Å². The van der Waals surface area contributed by atoms with E-state index < -0.39 is 10.0 Å². The molecular formula is C11H25ClN2O3S. The summed E-state index contributed by atoms with van der Waals surface area (Å²) < 4.78 is 31.4. The average molecular weight is 301 g/mol. The van der Waals surface area contributed by atoms with Crippen LogP contribution in [0.4, 0.5) is 0 Å². The van der Waals surface area contributed by atoms with E-state index in [1.54, 1.807) is 0 Å². The Hall–Kier alpha value is 0.120. The fraction of sp³-hybridized carbons (Fsp3) is 1.00. The van der Waals surface area contributed by atoms with Gasteiger partial charge in [-0.1, -0.05) is 0 Å². The zero-order valence-electron chi connectivity index (χ0n) is 11.1. The molecule has 0 aromatic heterocycles. The summed E-state index contributed by atoms with van der Waals surface area (Å²) in [5.74, 6) is 0.0354. The lowest BCUT2D eigenvalue weighted by molar-refractivity contribution is 0.0911. The van der Waals surface area contributed by atoms with E-state index in [-0.39, 0.29) is 43.0 Å². The summed E-state index contributed by atoms with van der Waals surface area (Å²) in [6, 6.07) is 0.291. The summed E-state index contributed by atoms with van der Waals surface area (Å²) in [4.78, 5) is 0. The van der Waals surface area contributed by atoms with E-state index in [0.29, 0.717) is 0 Å². The van der Waals surface area contributed by atoms with Crippen molar-refractivity contribution >= 4 is 22.4 Å². The Labute approximate surface area is 116 Å².